The molecule has 2 atom stereocenters. The average molecular weight is 692 g/mol. The summed E-state index contributed by atoms with van der Waals surface area (Å²) in [6, 6.07) is -0.537. The van der Waals surface area contributed by atoms with Gasteiger partial charge in [0.15, 0.2) is 0 Å². The highest BCUT2D eigenvalue weighted by Gasteiger charge is 2.20. The Kier molecular flexibility index (Phi) is 40.8. The lowest BCUT2D eigenvalue weighted by molar-refractivity contribution is -0.123. The van der Waals surface area contributed by atoms with E-state index in [2.05, 4.69) is 31.3 Å². The molecule has 0 aromatic rings. The van der Waals surface area contributed by atoms with Crippen molar-refractivity contribution in [1.82, 2.24) is 5.32 Å². The Bertz CT molecular complexity index is 666. The van der Waals surface area contributed by atoms with Crippen LogP contribution in [0.1, 0.15) is 251 Å². The molecule has 0 aromatic heterocycles. The Morgan fingerprint density at radius 3 is 1.12 bits per heavy atom. The number of hydrogen-bond acceptors (Lipinski definition) is 3. The lowest BCUT2D eigenvalue weighted by Gasteiger charge is -2.22. The summed E-state index contributed by atoms with van der Waals surface area (Å²) < 4.78 is 0. The predicted octanol–water partition coefficient (Wildman–Crippen LogP) is 13.9. The van der Waals surface area contributed by atoms with Crippen LogP contribution < -0.4 is 5.32 Å². The molecule has 0 spiro atoms. The van der Waals surface area contributed by atoms with Gasteiger partial charge in [-0.25, -0.2) is 0 Å². The first kappa shape index (κ1) is 48.1. The maximum atomic E-state index is 12.4. The number of aliphatic hydroxyl groups excluding tert-OH is 2. The van der Waals surface area contributed by atoms with Crippen molar-refractivity contribution in [1.29, 1.82) is 0 Å². The molecule has 0 bridgehead atoms. The molecule has 0 aliphatic carbocycles. The van der Waals surface area contributed by atoms with E-state index in [1.54, 1.807) is 0 Å². The summed E-state index contributed by atoms with van der Waals surface area (Å²) >= 11 is 0. The molecule has 0 aliphatic heterocycles. The van der Waals surface area contributed by atoms with Crippen LogP contribution >= 0.6 is 0 Å². The van der Waals surface area contributed by atoms with Gasteiger partial charge in [-0.3, -0.25) is 4.79 Å². The molecule has 49 heavy (non-hydrogen) atoms. The third-order valence-electron chi connectivity index (χ3n) is 10.5. The van der Waals surface area contributed by atoms with Crippen LogP contribution in [0.4, 0.5) is 0 Å². The number of rotatable bonds is 41. The summed E-state index contributed by atoms with van der Waals surface area (Å²) in [6.45, 7) is 4.37. The van der Waals surface area contributed by atoms with E-state index in [0.717, 1.165) is 25.7 Å². The number of hydrogen-bond donors (Lipinski definition) is 3. The van der Waals surface area contributed by atoms with Crippen LogP contribution in [-0.2, 0) is 4.79 Å². The summed E-state index contributed by atoms with van der Waals surface area (Å²) in [4.78, 5) is 12.4. The van der Waals surface area contributed by atoms with Gasteiger partial charge in [0.05, 0.1) is 18.8 Å². The van der Waals surface area contributed by atoms with Crippen molar-refractivity contribution in [2.45, 2.75) is 264 Å². The van der Waals surface area contributed by atoms with Crippen LogP contribution in [0.2, 0.25) is 0 Å². The van der Waals surface area contributed by atoms with E-state index in [1.165, 1.54) is 199 Å². The summed E-state index contributed by atoms with van der Waals surface area (Å²) in [5.41, 5.74) is 0. The molecule has 0 aromatic carbocycles. The molecule has 0 saturated heterocycles. The Hall–Kier alpha value is -0.870. The minimum atomic E-state index is -0.659. The van der Waals surface area contributed by atoms with E-state index in [9.17, 15) is 15.0 Å². The number of amides is 1. The Morgan fingerprint density at radius 2 is 0.776 bits per heavy atom. The Labute approximate surface area is 307 Å². The normalized spacial score (nSPS) is 13.0. The molecule has 0 fully saturated rings. The smallest absolute Gasteiger partial charge is 0.220 e. The second kappa shape index (κ2) is 41.5. The maximum Gasteiger partial charge on any atom is 0.220 e. The number of aliphatic hydroxyl groups is 2. The zero-order valence-corrected chi connectivity index (χ0v) is 33.5. The molecular weight excluding hydrogens is 602 g/mol. The van der Waals surface area contributed by atoms with Crippen LogP contribution in [0.25, 0.3) is 0 Å². The topological polar surface area (TPSA) is 69.6 Å². The van der Waals surface area contributed by atoms with Crippen molar-refractivity contribution in [2.75, 3.05) is 6.61 Å². The number of nitrogens with one attached hydrogen (secondary N) is 1. The van der Waals surface area contributed by atoms with Gasteiger partial charge < -0.3 is 15.5 Å². The van der Waals surface area contributed by atoms with Gasteiger partial charge in [-0.05, 0) is 38.5 Å². The molecule has 0 rings (SSSR count). The zero-order valence-electron chi connectivity index (χ0n) is 33.5. The van der Waals surface area contributed by atoms with Gasteiger partial charge in [-0.15, -0.1) is 0 Å². The highest BCUT2D eigenvalue weighted by atomic mass is 16.3. The van der Waals surface area contributed by atoms with Crippen molar-refractivity contribution in [3.8, 4) is 0 Å². The van der Waals surface area contributed by atoms with E-state index in [-0.39, 0.29) is 12.5 Å². The largest absolute Gasteiger partial charge is 0.394 e. The molecule has 0 heterocycles. The first-order chi connectivity index (χ1) is 24.2. The number of allylic oxidation sites excluding steroid dienone is 2. The van der Waals surface area contributed by atoms with Crippen molar-refractivity contribution < 1.29 is 15.0 Å². The van der Waals surface area contributed by atoms with Crippen molar-refractivity contribution in [2.24, 2.45) is 0 Å². The highest BCUT2D eigenvalue weighted by molar-refractivity contribution is 5.76. The van der Waals surface area contributed by atoms with Crippen LogP contribution in [0.5, 0.6) is 0 Å². The van der Waals surface area contributed by atoms with Gasteiger partial charge in [0.1, 0.15) is 0 Å². The fourth-order valence-corrected chi connectivity index (χ4v) is 7.06. The summed E-state index contributed by atoms with van der Waals surface area (Å²) in [6.07, 6.45) is 51.5. The number of unbranched alkanes of at least 4 members (excludes halogenated alkanes) is 32. The number of carbonyl (C=O) groups excluding carboxylic acids is 1. The van der Waals surface area contributed by atoms with Gasteiger partial charge in [0, 0.05) is 6.42 Å². The molecule has 2 unspecified atom stereocenters. The lowest BCUT2D eigenvalue weighted by Crippen LogP contribution is -2.45. The molecule has 4 nitrogen and oxygen atoms in total. The summed E-state index contributed by atoms with van der Waals surface area (Å²) in [5, 5.41) is 23.2. The van der Waals surface area contributed by atoms with Gasteiger partial charge in [-0.1, -0.05) is 219 Å². The molecule has 292 valence electrons. The van der Waals surface area contributed by atoms with Crippen LogP contribution in [-0.4, -0.2) is 34.9 Å². The molecule has 3 N–H and O–H groups in total. The molecule has 0 aliphatic rings. The second-order valence-electron chi connectivity index (χ2n) is 15.5. The highest BCUT2D eigenvalue weighted by Crippen LogP contribution is 2.16. The van der Waals surface area contributed by atoms with Gasteiger partial charge in [0.25, 0.3) is 0 Å². The van der Waals surface area contributed by atoms with Gasteiger partial charge in [0.2, 0.25) is 5.91 Å². The summed E-state index contributed by atoms with van der Waals surface area (Å²) in [7, 11) is 0. The minimum Gasteiger partial charge on any atom is -0.394 e. The van der Waals surface area contributed by atoms with E-state index >= 15 is 0 Å². The monoisotopic (exact) mass is 692 g/mol. The average Bonchev–Trinajstić information content (AvgIpc) is 3.10. The standard InChI is InChI=1S/C45H89NO3/c1-3-5-7-9-11-13-15-17-19-20-21-22-23-24-25-27-28-30-32-34-36-38-40-44(48)43(42-47)46-45(49)41-39-37-35-33-31-29-26-18-16-14-12-10-8-6-4-2/h18,26,43-44,47-48H,3-17,19-25,27-42H2,1-2H3,(H,46,49)/b26-18-. The quantitative estimate of drug-likeness (QED) is 0.0441. The second-order valence-corrected chi connectivity index (χ2v) is 15.5. The molecule has 0 saturated carbocycles. The maximum absolute atomic E-state index is 12.4. The SMILES string of the molecule is CCCCCCCC/C=C\CCCCCCCC(=O)NC(CO)C(O)CCCCCCCCCCCCCCCCCCCCCCCC. The Morgan fingerprint density at radius 1 is 0.469 bits per heavy atom. The molecular formula is C45H89NO3. The molecule has 0 radical (unpaired) electrons. The van der Waals surface area contributed by atoms with Crippen molar-refractivity contribution in [3.63, 3.8) is 0 Å². The van der Waals surface area contributed by atoms with Crippen LogP contribution in [0, 0.1) is 0 Å². The lowest BCUT2D eigenvalue weighted by atomic mass is 10.0. The first-order valence-electron chi connectivity index (χ1n) is 22.4. The van der Waals surface area contributed by atoms with Crippen molar-refractivity contribution in [3.05, 3.63) is 12.2 Å². The first-order valence-corrected chi connectivity index (χ1v) is 22.4. The fraction of sp³-hybridized carbons (Fsp3) is 0.933. The number of carbonyl (C=O) groups is 1. The molecule has 4 heteroatoms. The van der Waals surface area contributed by atoms with Gasteiger partial charge in [-0.2, -0.15) is 0 Å². The minimum absolute atomic E-state index is 0.0372. The fourth-order valence-electron chi connectivity index (χ4n) is 7.06. The molecule has 1 amide bonds. The van der Waals surface area contributed by atoms with Crippen LogP contribution in [0.15, 0.2) is 12.2 Å². The van der Waals surface area contributed by atoms with E-state index in [1.807, 2.05) is 0 Å². The van der Waals surface area contributed by atoms with E-state index < -0.39 is 12.1 Å². The zero-order chi connectivity index (χ0) is 35.7. The van der Waals surface area contributed by atoms with Gasteiger partial charge >= 0.3 is 0 Å². The van der Waals surface area contributed by atoms with Crippen molar-refractivity contribution >= 4 is 5.91 Å². The Balaban J connectivity index is 3.48. The third kappa shape index (κ3) is 38.2. The van der Waals surface area contributed by atoms with E-state index in [4.69, 9.17) is 0 Å². The third-order valence-corrected chi connectivity index (χ3v) is 10.5. The van der Waals surface area contributed by atoms with E-state index in [0.29, 0.717) is 12.8 Å². The van der Waals surface area contributed by atoms with Crippen LogP contribution in [0.3, 0.4) is 0 Å². The summed E-state index contributed by atoms with van der Waals surface area (Å²) in [5.74, 6) is -0.0372. The predicted molar refractivity (Wildman–Crippen MR) is 216 cm³/mol.